The fourth-order valence-corrected chi connectivity index (χ4v) is 4.64. The van der Waals surface area contributed by atoms with Crippen LogP contribution in [0.3, 0.4) is 0 Å². The predicted molar refractivity (Wildman–Crippen MR) is 185 cm³/mol. The summed E-state index contributed by atoms with van der Waals surface area (Å²) in [6.07, 6.45) is 15.9. The van der Waals surface area contributed by atoms with E-state index in [2.05, 4.69) is 69.0 Å². The lowest BCUT2D eigenvalue weighted by atomic mass is 10.1. The van der Waals surface area contributed by atoms with Gasteiger partial charge in [-0.25, -0.2) is 4.98 Å². The Labute approximate surface area is 268 Å². The Bertz CT molecular complexity index is 857. The number of hydrogen-bond donors (Lipinski definition) is 2. The standard InChI is InChI=1S/2C12H27N.C11H9NO4S/c2*1-4-7-10-13(11-8-5-2)12-9-6-3;13-9(17)5-6(11(14)15)10-12-7-3-1-2-4-8(7)16-10/h2*4-12H2,1-3H3;1-4,6H,5H2,(H,13,17)(H,14,15). The molecule has 0 aliphatic rings. The molecule has 0 aliphatic heterocycles. The number of carboxylic acids is 1. The lowest BCUT2D eigenvalue weighted by Crippen LogP contribution is -2.27. The normalized spacial score (nSPS) is 11.7. The Hall–Kier alpha value is -1.90. The van der Waals surface area contributed by atoms with Crippen molar-refractivity contribution in [3.05, 3.63) is 30.2 Å². The second kappa shape index (κ2) is 27.6. The first kappa shape index (κ1) is 41.1. The summed E-state index contributed by atoms with van der Waals surface area (Å²) in [7, 11) is 0. The average Bonchev–Trinajstić information content (AvgIpc) is 3.43. The summed E-state index contributed by atoms with van der Waals surface area (Å²) in [5.74, 6) is -2.22. The van der Waals surface area contributed by atoms with Crippen molar-refractivity contribution in [3.63, 3.8) is 0 Å². The van der Waals surface area contributed by atoms with Gasteiger partial charge in [0.05, 0.1) is 0 Å². The van der Waals surface area contributed by atoms with Crippen LogP contribution in [0.4, 0.5) is 0 Å². The molecular weight excluding hydrogens is 558 g/mol. The predicted octanol–water partition coefficient (Wildman–Crippen LogP) is 9.22. The molecule has 1 heterocycles. The molecule has 8 heteroatoms. The van der Waals surface area contributed by atoms with Crippen LogP contribution in [0.1, 0.15) is 137 Å². The van der Waals surface area contributed by atoms with Gasteiger partial charge in [-0.1, -0.05) is 92.2 Å². The van der Waals surface area contributed by atoms with Gasteiger partial charge in [-0.2, -0.15) is 0 Å². The van der Waals surface area contributed by atoms with Crippen LogP contribution >= 0.6 is 12.6 Å². The van der Waals surface area contributed by atoms with E-state index in [4.69, 9.17) is 9.52 Å². The topological polar surface area (TPSA) is 86.9 Å². The summed E-state index contributed by atoms with van der Waals surface area (Å²) in [5.41, 5.74) is 1.07. The first-order valence-electron chi connectivity index (χ1n) is 17.0. The number of nitrogens with zero attached hydrogens (tertiary/aromatic N) is 3. The molecule has 1 N–H and O–H groups in total. The van der Waals surface area contributed by atoms with Crippen molar-refractivity contribution in [2.75, 3.05) is 39.3 Å². The van der Waals surface area contributed by atoms with E-state index in [9.17, 15) is 9.59 Å². The number of unbranched alkanes of at least 4 members (excludes halogenated alkanes) is 6. The van der Waals surface area contributed by atoms with E-state index >= 15 is 0 Å². The minimum atomic E-state index is -1.15. The Balaban J connectivity index is 0.000000627. The number of fused-ring (bicyclic) bond motifs is 1. The van der Waals surface area contributed by atoms with Crippen molar-refractivity contribution in [1.29, 1.82) is 0 Å². The molecule has 1 unspecified atom stereocenters. The monoisotopic (exact) mass is 621 g/mol. The highest BCUT2D eigenvalue weighted by molar-refractivity contribution is 7.96. The van der Waals surface area contributed by atoms with Gasteiger partial charge < -0.3 is 19.3 Å². The van der Waals surface area contributed by atoms with Crippen LogP contribution in [0.2, 0.25) is 0 Å². The van der Waals surface area contributed by atoms with Gasteiger partial charge in [-0.3, -0.25) is 9.59 Å². The van der Waals surface area contributed by atoms with Gasteiger partial charge in [0.1, 0.15) is 11.4 Å². The minimum absolute atomic E-state index is 0.0288. The van der Waals surface area contributed by atoms with Crippen LogP contribution in [0.5, 0.6) is 0 Å². The van der Waals surface area contributed by atoms with E-state index in [1.54, 1.807) is 24.3 Å². The van der Waals surface area contributed by atoms with Crippen molar-refractivity contribution in [3.8, 4) is 0 Å². The maximum absolute atomic E-state index is 11.0. The number of para-hydroxylation sites is 2. The largest absolute Gasteiger partial charge is 0.481 e. The van der Waals surface area contributed by atoms with Crippen molar-refractivity contribution >= 4 is 34.8 Å². The zero-order valence-electron chi connectivity index (χ0n) is 28.3. The van der Waals surface area contributed by atoms with Crippen molar-refractivity contribution < 1.29 is 19.1 Å². The molecule has 1 aromatic carbocycles. The maximum Gasteiger partial charge on any atom is 0.316 e. The molecule has 0 aliphatic carbocycles. The zero-order valence-corrected chi connectivity index (χ0v) is 29.2. The van der Waals surface area contributed by atoms with Gasteiger partial charge in [-0.05, 0) is 89.9 Å². The van der Waals surface area contributed by atoms with Gasteiger partial charge in [0, 0.05) is 6.42 Å². The molecular formula is C35H63N3O4S. The number of thiol groups is 1. The Kier molecular flexibility index (Phi) is 26.4. The molecule has 2 aromatic rings. The Morgan fingerprint density at radius 1 is 0.721 bits per heavy atom. The molecule has 0 bridgehead atoms. The maximum atomic E-state index is 11.0. The number of hydrogen-bond acceptors (Lipinski definition) is 6. The third-order valence-corrected chi connectivity index (χ3v) is 7.44. The minimum Gasteiger partial charge on any atom is -0.481 e. The highest BCUT2D eigenvalue weighted by Gasteiger charge is 2.27. The summed E-state index contributed by atoms with van der Waals surface area (Å²) in [6, 6.07) is 6.93. The summed E-state index contributed by atoms with van der Waals surface area (Å²) < 4.78 is 5.31. The first-order chi connectivity index (χ1) is 20.8. The lowest BCUT2D eigenvalue weighted by Gasteiger charge is -2.21. The van der Waals surface area contributed by atoms with Gasteiger partial charge in [0.25, 0.3) is 0 Å². The smallest absolute Gasteiger partial charge is 0.316 e. The zero-order chi connectivity index (χ0) is 32.3. The van der Waals surface area contributed by atoms with E-state index in [1.165, 1.54) is 116 Å². The van der Waals surface area contributed by atoms with Crippen LogP contribution in [0, 0.1) is 0 Å². The summed E-state index contributed by atoms with van der Waals surface area (Å²) in [6.45, 7) is 21.5. The Morgan fingerprint density at radius 3 is 1.40 bits per heavy atom. The molecule has 0 spiro atoms. The van der Waals surface area contributed by atoms with Crippen molar-refractivity contribution in [1.82, 2.24) is 14.8 Å². The van der Waals surface area contributed by atoms with Gasteiger partial charge in [0.15, 0.2) is 10.7 Å². The number of rotatable bonds is 22. The molecule has 0 radical (unpaired) electrons. The van der Waals surface area contributed by atoms with Crippen LogP contribution in [0.25, 0.3) is 11.1 Å². The fourth-order valence-electron chi connectivity index (χ4n) is 4.46. The molecule has 248 valence electrons. The number of aromatic nitrogens is 1. The Morgan fingerprint density at radius 2 is 1.09 bits per heavy atom. The second-order valence-electron chi connectivity index (χ2n) is 11.3. The first-order valence-corrected chi connectivity index (χ1v) is 17.5. The van der Waals surface area contributed by atoms with Gasteiger partial charge >= 0.3 is 5.97 Å². The molecule has 0 saturated heterocycles. The molecule has 1 aromatic heterocycles. The van der Waals surface area contributed by atoms with Crippen LogP contribution in [-0.4, -0.2) is 70.2 Å². The van der Waals surface area contributed by atoms with E-state index in [0.717, 1.165) is 0 Å². The summed E-state index contributed by atoms with van der Waals surface area (Å²) in [5, 5.41) is 8.50. The SMILES string of the molecule is CCCCN(CCCC)CCCC.CCCCN(CCCC)CCCC.O=C(S)CC(C(=O)O)c1nc2ccccc2o1. The van der Waals surface area contributed by atoms with Crippen molar-refractivity contribution in [2.45, 2.75) is 131 Å². The van der Waals surface area contributed by atoms with Gasteiger partial charge in [-0.15, -0.1) is 12.6 Å². The average molecular weight is 622 g/mol. The molecule has 43 heavy (non-hydrogen) atoms. The number of carboxylic acid groups (broad SMARTS) is 1. The number of benzene rings is 1. The van der Waals surface area contributed by atoms with E-state index in [1.807, 2.05) is 0 Å². The molecule has 7 nitrogen and oxygen atoms in total. The van der Waals surface area contributed by atoms with E-state index < -0.39 is 17.0 Å². The van der Waals surface area contributed by atoms with Crippen molar-refractivity contribution in [2.24, 2.45) is 0 Å². The third kappa shape index (κ3) is 20.6. The second-order valence-corrected chi connectivity index (χ2v) is 11.8. The fraction of sp³-hybridized carbons (Fsp3) is 0.743. The molecule has 2 rings (SSSR count). The lowest BCUT2D eigenvalue weighted by molar-refractivity contribution is -0.140. The summed E-state index contributed by atoms with van der Waals surface area (Å²) in [4.78, 5) is 31.2. The summed E-state index contributed by atoms with van der Waals surface area (Å²) >= 11 is 3.57. The van der Waals surface area contributed by atoms with Gasteiger partial charge in [0.2, 0.25) is 5.89 Å². The molecule has 0 amide bonds. The van der Waals surface area contributed by atoms with Crippen LogP contribution in [0.15, 0.2) is 28.7 Å². The number of carbonyl (C=O) groups excluding carboxylic acids is 1. The highest BCUT2D eigenvalue weighted by Crippen LogP contribution is 2.24. The number of carbonyl (C=O) groups is 2. The van der Waals surface area contributed by atoms with E-state index in [0.29, 0.717) is 11.1 Å². The molecule has 0 saturated carbocycles. The molecule has 1 atom stereocenters. The quantitative estimate of drug-likeness (QED) is 0.127. The van der Waals surface area contributed by atoms with Crippen LogP contribution < -0.4 is 0 Å². The van der Waals surface area contributed by atoms with Crippen LogP contribution in [-0.2, 0) is 9.59 Å². The number of oxazole rings is 1. The molecule has 0 fully saturated rings. The number of aliphatic carboxylic acids is 1. The highest BCUT2D eigenvalue weighted by atomic mass is 32.1. The van der Waals surface area contributed by atoms with E-state index in [-0.39, 0.29) is 12.3 Å². The third-order valence-electron chi connectivity index (χ3n) is 7.25.